The van der Waals surface area contributed by atoms with E-state index in [9.17, 15) is 4.79 Å². The number of hydrogen-bond acceptors (Lipinski definition) is 4. The second-order valence-electron chi connectivity index (χ2n) is 2.42. The topological polar surface area (TPSA) is 141 Å². The summed E-state index contributed by atoms with van der Waals surface area (Å²) in [6.07, 6.45) is 0. The Bertz CT molecular complexity index is 310. The second-order valence-corrected chi connectivity index (χ2v) is 2.42. The Balaban J connectivity index is 0. The van der Waals surface area contributed by atoms with E-state index < -0.39 is 17.3 Å². The standard InChI is InChI=1S/C8H8O4.2H2O/c1-4(9)8-6(11)2-5(10)3-7(8)12;;/h2-3,10-12H,1H3;2*1H2. The molecule has 0 heterocycles. The summed E-state index contributed by atoms with van der Waals surface area (Å²) in [5.41, 5.74) is -0.173. The maximum atomic E-state index is 10.8. The van der Waals surface area contributed by atoms with Gasteiger partial charge in [0.15, 0.2) is 5.78 Å². The van der Waals surface area contributed by atoms with Gasteiger partial charge >= 0.3 is 0 Å². The minimum Gasteiger partial charge on any atom is -0.508 e. The summed E-state index contributed by atoms with van der Waals surface area (Å²) < 4.78 is 0. The van der Waals surface area contributed by atoms with Crippen molar-refractivity contribution in [2.24, 2.45) is 0 Å². The second kappa shape index (κ2) is 5.05. The van der Waals surface area contributed by atoms with Gasteiger partial charge in [0.25, 0.3) is 0 Å². The van der Waals surface area contributed by atoms with Gasteiger partial charge in [0, 0.05) is 12.1 Å². The summed E-state index contributed by atoms with van der Waals surface area (Å²) in [5.74, 6) is -1.57. The number of phenolic OH excluding ortho intramolecular Hbond substituents is 3. The lowest BCUT2D eigenvalue weighted by atomic mass is 10.1. The van der Waals surface area contributed by atoms with Crippen LogP contribution in [0.4, 0.5) is 0 Å². The van der Waals surface area contributed by atoms with Crippen LogP contribution in [0.1, 0.15) is 17.3 Å². The van der Waals surface area contributed by atoms with Crippen molar-refractivity contribution in [2.45, 2.75) is 6.92 Å². The Labute approximate surface area is 79.7 Å². The van der Waals surface area contributed by atoms with Crippen LogP contribution in [-0.2, 0) is 0 Å². The average molecular weight is 204 g/mol. The minimum atomic E-state index is -0.454. The fraction of sp³-hybridized carbons (Fsp3) is 0.125. The first-order valence-electron chi connectivity index (χ1n) is 3.28. The molecular weight excluding hydrogens is 192 g/mol. The van der Waals surface area contributed by atoms with Gasteiger partial charge in [-0.1, -0.05) is 0 Å². The number of carbonyl (C=O) groups excluding carboxylic acids is 1. The Morgan fingerprint density at radius 3 is 1.71 bits per heavy atom. The summed E-state index contributed by atoms with van der Waals surface area (Å²) >= 11 is 0. The predicted octanol–water partition coefficient (Wildman–Crippen LogP) is -0.643. The molecule has 1 aromatic carbocycles. The third-order valence-electron chi connectivity index (χ3n) is 1.43. The third kappa shape index (κ3) is 2.61. The van der Waals surface area contributed by atoms with Crippen LogP contribution in [-0.4, -0.2) is 32.1 Å². The highest BCUT2D eigenvalue weighted by Crippen LogP contribution is 2.31. The number of ketones is 1. The van der Waals surface area contributed by atoms with E-state index in [2.05, 4.69) is 0 Å². The SMILES string of the molecule is CC(=O)c1c(O)cc(O)cc1O.O.O. The number of hydrogen-bond donors (Lipinski definition) is 3. The number of benzene rings is 1. The van der Waals surface area contributed by atoms with Crippen LogP contribution in [0.25, 0.3) is 0 Å². The minimum absolute atomic E-state index is 0. The smallest absolute Gasteiger partial charge is 0.167 e. The van der Waals surface area contributed by atoms with Crippen LogP contribution >= 0.6 is 0 Å². The normalized spacial score (nSPS) is 8.36. The van der Waals surface area contributed by atoms with Gasteiger partial charge in [-0.05, 0) is 6.92 Å². The molecule has 0 saturated heterocycles. The highest BCUT2D eigenvalue weighted by atomic mass is 16.3. The first kappa shape index (κ1) is 14.7. The Hall–Kier alpha value is -1.79. The average Bonchev–Trinajstić information content (AvgIpc) is 1.82. The first-order chi connectivity index (χ1) is 5.52. The number of phenols is 3. The lowest BCUT2D eigenvalue weighted by Gasteiger charge is -2.03. The molecule has 80 valence electrons. The molecule has 0 spiro atoms. The molecule has 14 heavy (non-hydrogen) atoms. The quantitative estimate of drug-likeness (QED) is 0.523. The van der Waals surface area contributed by atoms with Crippen LogP contribution in [0.3, 0.4) is 0 Å². The Morgan fingerprint density at radius 2 is 1.43 bits per heavy atom. The van der Waals surface area contributed by atoms with Gasteiger partial charge in [0.1, 0.15) is 22.8 Å². The molecule has 0 aromatic heterocycles. The van der Waals surface area contributed by atoms with Crippen molar-refractivity contribution < 1.29 is 31.1 Å². The number of rotatable bonds is 1. The van der Waals surface area contributed by atoms with Gasteiger partial charge in [0.05, 0.1) is 0 Å². The molecule has 0 bridgehead atoms. The summed E-state index contributed by atoms with van der Waals surface area (Å²) in [7, 11) is 0. The Kier molecular flexibility index (Phi) is 5.31. The molecule has 0 atom stereocenters. The van der Waals surface area contributed by atoms with Gasteiger partial charge in [-0.15, -0.1) is 0 Å². The van der Waals surface area contributed by atoms with Gasteiger partial charge in [-0.2, -0.15) is 0 Å². The van der Waals surface area contributed by atoms with E-state index in [0.717, 1.165) is 12.1 Å². The zero-order valence-corrected chi connectivity index (χ0v) is 7.40. The number of carbonyl (C=O) groups is 1. The zero-order valence-electron chi connectivity index (χ0n) is 7.40. The van der Waals surface area contributed by atoms with Crippen molar-refractivity contribution in [3.8, 4) is 17.2 Å². The summed E-state index contributed by atoms with van der Waals surface area (Å²) in [4.78, 5) is 10.8. The van der Waals surface area contributed by atoms with Crippen LogP contribution in [0.2, 0.25) is 0 Å². The van der Waals surface area contributed by atoms with E-state index in [1.807, 2.05) is 0 Å². The van der Waals surface area contributed by atoms with Crippen LogP contribution in [0.15, 0.2) is 12.1 Å². The fourth-order valence-corrected chi connectivity index (χ4v) is 0.958. The zero-order chi connectivity index (χ0) is 9.30. The largest absolute Gasteiger partial charge is 0.508 e. The van der Waals surface area contributed by atoms with Crippen molar-refractivity contribution in [3.05, 3.63) is 17.7 Å². The number of Topliss-reactive ketones (excluding diaryl/α,β-unsaturated/α-hetero) is 1. The molecule has 1 aromatic rings. The van der Waals surface area contributed by atoms with E-state index in [1.54, 1.807) is 0 Å². The molecule has 0 fully saturated rings. The summed E-state index contributed by atoms with van der Waals surface area (Å²) in [5, 5.41) is 27.1. The maximum absolute atomic E-state index is 10.8. The molecule has 0 aliphatic rings. The van der Waals surface area contributed by atoms with E-state index in [-0.39, 0.29) is 22.3 Å². The van der Waals surface area contributed by atoms with Crippen molar-refractivity contribution in [1.82, 2.24) is 0 Å². The molecule has 0 aliphatic heterocycles. The monoisotopic (exact) mass is 204 g/mol. The molecule has 6 heteroatoms. The van der Waals surface area contributed by atoms with Crippen molar-refractivity contribution in [3.63, 3.8) is 0 Å². The van der Waals surface area contributed by atoms with E-state index in [0.29, 0.717) is 0 Å². The first-order valence-corrected chi connectivity index (χ1v) is 3.28. The van der Waals surface area contributed by atoms with E-state index in [1.165, 1.54) is 6.92 Å². The molecule has 6 nitrogen and oxygen atoms in total. The van der Waals surface area contributed by atoms with Crippen LogP contribution < -0.4 is 0 Å². The molecule has 7 N–H and O–H groups in total. The molecule has 1 rings (SSSR count). The third-order valence-corrected chi connectivity index (χ3v) is 1.43. The van der Waals surface area contributed by atoms with Gasteiger partial charge < -0.3 is 26.3 Å². The lowest BCUT2D eigenvalue weighted by molar-refractivity contribution is 0.101. The van der Waals surface area contributed by atoms with Gasteiger partial charge in [-0.25, -0.2) is 0 Å². The molecular formula is C8H12O6. The van der Waals surface area contributed by atoms with E-state index >= 15 is 0 Å². The maximum Gasteiger partial charge on any atom is 0.167 e. The molecule has 0 aliphatic carbocycles. The van der Waals surface area contributed by atoms with Gasteiger partial charge in [0.2, 0.25) is 0 Å². The van der Waals surface area contributed by atoms with Crippen LogP contribution in [0.5, 0.6) is 17.2 Å². The molecule has 0 radical (unpaired) electrons. The highest BCUT2D eigenvalue weighted by Gasteiger charge is 2.13. The van der Waals surface area contributed by atoms with Crippen molar-refractivity contribution >= 4 is 5.78 Å². The van der Waals surface area contributed by atoms with Gasteiger partial charge in [-0.3, -0.25) is 4.79 Å². The van der Waals surface area contributed by atoms with E-state index in [4.69, 9.17) is 15.3 Å². The fourth-order valence-electron chi connectivity index (χ4n) is 0.958. The van der Waals surface area contributed by atoms with Crippen molar-refractivity contribution in [2.75, 3.05) is 0 Å². The summed E-state index contributed by atoms with van der Waals surface area (Å²) in [6.45, 7) is 1.21. The molecule has 0 amide bonds. The van der Waals surface area contributed by atoms with Crippen LogP contribution in [0, 0.1) is 0 Å². The molecule has 0 saturated carbocycles. The highest BCUT2D eigenvalue weighted by molar-refractivity contribution is 5.99. The Morgan fingerprint density at radius 1 is 1.07 bits per heavy atom. The lowest BCUT2D eigenvalue weighted by Crippen LogP contribution is -1.92. The predicted molar refractivity (Wildman–Crippen MR) is 48.7 cm³/mol. The number of aromatic hydroxyl groups is 3. The van der Waals surface area contributed by atoms with Crippen molar-refractivity contribution in [1.29, 1.82) is 0 Å². The molecule has 0 unspecified atom stereocenters. The summed E-state index contributed by atoms with van der Waals surface area (Å²) in [6, 6.07) is 1.99.